The maximum atomic E-state index is 13.5. The van der Waals surface area contributed by atoms with E-state index in [-0.39, 0.29) is 0 Å². The largest absolute Gasteiger partial charge is 0.349 e. The Morgan fingerprint density at radius 2 is 1.25 bits per heavy atom. The monoisotopic (exact) mass is 432 g/mol. The molecule has 1 heterocycles. The molecule has 0 aromatic heterocycles. The van der Waals surface area contributed by atoms with Crippen LogP contribution < -0.4 is 10.2 Å². The number of rotatable bonds is 1. The Labute approximate surface area is 169 Å². The fraction of sp³-hybridized carbons (Fsp3) is 0.0455. The predicted molar refractivity (Wildman–Crippen MR) is 109 cm³/mol. The highest BCUT2D eigenvalue weighted by atomic mass is 79.9. The molecule has 1 aliphatic carbocycles. The number of halogens is 1. The van der Waals surface area contributed by atoms with Gasteiger partial charge >= 0.3 is 0 Å². The molecule has 0 radical (unpaired) electrons. The van der Waals surface area contributed by atoms with Gasteiger partial charge in [-0.05, 0) is 40.2 Å². The molecule has 5 nitrogen and oxygen atoms in total. The van der Waals surface area contributed by atoms with Crippen molar-refractivity contribution in [2.45, 2.75) is 5.66 Å². The van der Waals surface area contributed by atoms with E-state index in [9.17, 15) is 14.4 Å². The molecule has 28 heavy (non-hydrogen) atoms. The number of fused-ring (bicyclic) bond motifs is 2. The molecule has 1 N–H and O–H groups in total. The molecular formula is C22H13BrN2O3. The first-order valence-electron chi connectivity index (χ1n) is 8.70. The van der Waals surface area contributed by atoms with E-state index in [4.69, 9.17) is 0 Å². The van der Waals surface area contributed by atoms with Gasteiger partial charge in [0, 0.05) is 21.3 Å². The van der Waals surface area contributed by atoms with E-state index in [1.807, 2.05) is 6.07 Å². The summed E-state index contributed by atoms with van der Waals surface area (Å²) in [6, 6.07) is 20.6. The number of nitrogens with zero attached hydrogens (tertiary/aromatic N) is 1. The number of Topliss-reactive ketones (excluding diaryl/α,β-unsaturated/α-hetero) is 2. The third kappa shape index (κ3) is 2.03. The van der Waals surface area contributed by atoms with Gasteiger partial charge < -0.3 is 5.32 Å². The number of para-hydroxylation sites is 2. The van der Waals surface area contributed by atoms with Crippen molar-refractivity contribution in [3.05, 3.63) is 94.0 Å². The molecule has 0 saturated carbocycles. The second kappa shape index (κ2) is 5.87. The number of carbonyl (C=O) groups is 3. The zero-order chi connectivity index (χ0) is 19.5. The number of hydrogen-bond acceptors (Lipinski definition) is 4. The molecule has 5 rings (SSSR count). The molecule has 1 aliphatic heterocycles. The molecule has 0 bridgehead atoms. The van der Waals surface area contributed by atoms with Crippen molar-refractivity contribution < 1.29 is 14.4 Å². The third-order valence-corrected chi connectivity index (χ3v) is 5.85. The molecule has 6 heteroatoms. The summed E-state index contributed by atoms with van der Waals surface area (Å²) < 4.78 is 0.612. The smallest absolute Gasteiger partial charge is 0.263 e. The summed E-state index contributed by atoms with van der Waals surface area (Å²) in [6.07, 6.45) is 0. The molecule has 1 spiro atoms. The lowest BCUT2D eigenvalue weighted by molar-refractivity contribution is 0.0764. The van der Waals surface area contributed by atoms with Crippen LogP contribution in [-0.2, 0) is 0 Å². The van der Waals surface area contributed by atoms with Crippen LogP contribution >= 0.6 is 15.9 Å². The van der Waals surface area contributed by atoms with Crippen molar-refractivity contribution in [1.82, 2.24) is 0 Å². The third-order valence-electron chi connectivity index (χ3n) is 5.18. The first kappa shape index (κ1) is 16.9. The number of hydrogen-bond donors (Lipinski definition) is 1. The van der Waals surface area contributed by atoms with E-state index in [0.717, 1.165) is 0 Å². The number of amides is 1. The van der Waals surface area contributed by atoms with E-state index in [0.29, 0.717) is 32.5 Å². The highest BCUT2D eigenvalue weighted by Gasteiger charge is 2.61. The minimum Gasteiger partial charge on any atom is -0.349 e. The van der Waals surface area contributed by atoms with Gasteiger partial charge in [-0.15, -0.1) is 0 Å². The number of nitrogens with one attached hydrogen (secondary N) is 1. The molecule has 136 valence electrons. The average Bonchev–Trinajstić information content (AvgIpc) is 2.92. The van der Waals surface area contributed by atoms with Gasteiger partial charge in [0.05, 0.1) is 11.3 Å². The molecule has 0 unspecified atom stereocenters. The summed E-state index contributed by atoms with van der Waals surface area (Å²) in [5, 5.41) is 3.11. The highest BCUT2D eigenvalue weighted by Crippen LogP contribution is 2.44. The highest BCUT2D eigenvalue weighted by molar-refractivity contribution is 9.10. The maximum Gasteiger partial charge on any atom is 0.263 e. The van der Waals surface area contributed by atoms with E-state index >= 15 is 0 Å². The molecule has 0 fully saturated rings. The van der Waals surface area contributed by atoms with E-state index in [2.05, 4.69) is 21.2 Å². The minimum absolute atomic E-state index is 0.309. The van der Waals surface area contributed by atoms with E-state index in [1.54, 1.807) is 66.7 Å². The van der Waals surface area contributed by atoms with Gasteiger partial charge in [-0.25, -0.2) is 0 Å². The molecule has 0 atom stereocenters. The van der Waals surface area contributed by atoms with Crippen molar-refractivity contribution >= 4 is 44.8 Å². The maximum absolute atomic E-state index is 13.5. The summed E-state index contributed by atoms with van der Waals surface area (Å²) in [4.78, 5) is 41.9. The minimum atomic E-state index is -1.85. The van der Waals surface area contributed by atoms with Crippen LogP contribution in [0.3, 0.4) is 0 Å². The molecule has 3 aromatic carbocycles. The Morgan fingerprint density at radius 3 is 1.89 bits per heavy atom. The SMILES string of the molecule is O=C1c2ccccc2NC2(C(=O)c3ccccc3C2=O)N1c1ccccc1Br. The van der Waals surface area contributed by atoms with Crippen LogP contribution in [0.25, 0.3) is 0 Å². The standard InChI is InChI=1S/C22H13BrN2O3/c23-16-10-4-6-12-18(16)25-21(28)15-9-3-5-11-17(15)24-22(25)19(26)13-7-1-2-8-14(13)20(22)27/h1-12,24H. The van der Waals surface area contributed by atoms with Crippen LogP contribution in [0.1, 0.15) is 31.1 Å². The number of carbonyl (C=O) groups excluding carboxylic acids is 3. The van der Waals surface area contributed by atoms with Crippen LogP contribution in [0.15, 0.2) is 77.3 Å². The van der Waals surface area contributed by atoms with Gasteiger partial charge in [0.15, 0.2) is 0 Å². The second-order valence-electron chi connectivity index (χ2n) is 6.68. The van der Waals surface area contributed by atoms with Crippen LogP contribution in [0, 0.1) is 0 Å². The Hall–Kier alpha value is -3.25. The normalized spacial score (nSPS) is 16.8. The zero-order valence-electron chi connectivity index (χ0n) is 14.5. The van der Waals surface area contributed by atoms with Crippen LogP contribution in [0.4, 0.5) is 11.4 Å². The van der Waals surface area contributed by atoms with Gasteiger partial charge in [-0.3, -0.25) is 19.3 Å². The van der Waals surface area contributed by atoms with Gasteiger partial charge in [-0.1, -0.05) is 48.5 Å². The van der Waals surface area contributed by atoms with Crippen LogP contribution in [0.5, 0.6) is 0 Å². The predicted octanol–water partition coefficient (Wildman–Crippen LogP) is 4.30. The molecule has 0 saturated heterocycles. The molecular weight excluding hydrogens is 420 g/mol. The fourth-order valence-electron chi connectivity index (χ4n) is 3.91. The van der Waals surface area contributed by atoms with Crippen molar-refractivity contribution in [1.29, 1.82) is 0 Å². The van der Waals surface area contributed by atoms with Crippen LogP contribution in [0.2, 0.25) is 0 Å². The number of anilines is 2. The lowest BCUT2D eigenvalue weighted by atomic mass is 9.93. The van der Waals surface area contributed by atoms with E-state index < -0.39 is 23.1 Å². The molecule has 3 aromatic rings. The van der Waals surface area contributed by atoms with Gasteiger partial charge in [-0.2, -0.15) is 0 Å². The quantitative estimate of drug-likeness (QED) is 0.582. The van der Waals surface area contributed by atoms with Gasteiger partial charge in [0.1, 0.15) is 0 Å². The summed E-state index contributed by atoms with van der Waals surface area (Å²) in [5.41, 5.74) is 0.0853. The first-order valence-corrected chi connectivity index (χ1v) is 9.50. The summed E-state index contributed by atoms with van der Waals surface area (Å²) in [7, 11) is 0. The first-order chi connectivity index (χ1) is 13.6. The van der Waals surface area contributed by atoms with Gasteiger partial charge in [0.25, 0.3) is 5.91 Å². The zero-order valence-corrected chi connectivity index (χ0v) is 16.1. The number of ketones is 2. The lowest BCUT2D eigenvalue weighted by Gasteiger charge is -2.43. The lowest BCUT2D eigenvalue weighted by Crippen LogP contribution is -2.67. The van der Waals surface area contributed by atoms with E-state index in [1.165, 1.54) is 4.90 Å². The molecule has 2 aliphatic rings. The van der Waals surface area contributed by atoms with Crippen molar-refractivity contribution in [3.63, 3.8) is 0 Å². The average molecular weight is 433 g/mol. The van der Waals surface area contributed by atoms with Crippen molar-refractivity contribution in [2.75, 3.05) is 10.2 Å². The Kier molecular flexibility index (Phi) is 3.54. The molecule has 1 amide bonds. The van der Waals surface area contributed by atoms with Gasteiger partial charge in [0.2, 0.25) is 17.2 Å². The fourth-order valence-corrected chi connectivity index (χ4v) is 4.38. The van der Waals surface area contributed by atoms with Crippen molar-refractivity contribution in [2.24, 2.45) is 0 Å². The summed E-state index contributed by atoms with van der Waals surface area (Å²) in [6.45, 7) is 0. The summed E-state index contributed by atoms with van der Waals surface area (Å²) >= 11 is 3.46. The topological polar surface area (TPSA) is 66.5 Å². The Balaban J connectivity index is 1.83. The Bertz CT molecular complexity index is 1150. The van der Waals surface area contributed by atoms with Crippen molar-refractivity contribution in [3.8, 4) is 0 Å². The second-order valence-corrected chi connectivity index (χ2v) is 7.53. The summed E-state index contributed by atoms with van der Waals surface area (Å²) in [5.74, 6) is -1.28. The van der Waals surface area contributed by atoms with Crippen LogP contribution in [-0.4, -0.2) is 23.1 Å². The Morgan fingerprint density at radius 1 is 0.714 bits per heavy atom. The number of benzene rings is 3.